The second-order valence-electron chi connectivity index (χ2n) is 6.12. The van der Waals surface area contributed by atoms with E-state index in [0.717, 1.165) is 38.0 Å². The number of nitrogens with zero attached hydrogens (tertiary/aromatic N) is 2. The second-order valence-corrected chi connectivity index (χ2v) is 6.12. The van der Waals surface area contributed by atoms with E-state index in [1.807, 2.05) is 6.07 Å². The minimum Gasteiger partial charge on any atom is -0.465 e. The molecular formula is C18H27N3O4. The number of rotatable bonds is 7. The average molecular weight is 349 g/mol. The molecule has 0 radical (unpaired) electrons. The summed E-state index contributed by atoms with van der Waals surface area (Å²) in [5.41, 5.74) is 1.99. The van der Waals surface area contributed by atoms with E-state index in [4.69, 9.17) is 9.47 Å². The predicted molar refractivity (Wildman–Crippen MR) is 97.4 cm³/mol. The molecule has 0 saturated carbocycles. The van der Waals surface area contributed by atoms with Gasteiger partial charge in [-0.3, -0.25) is 0 Å². The van der Waals surface area contributed by atoms with Crippen LogP contribution in [0.3, 0.4) is 0 Å². The summed E-state index contributed by atoms with van der Waals surface area (Å²) in [5.74, 6) is -0.420. The number of carbonyl (C=O) groups is 2. The van der Waals surface area contributed by atoms with Crippen molar-refractivity contribution in [1.82, 2.24) is 4.90 Å². The molecule has 1 heterocycles. The van der Waals surface area contributed by atoms with Crippen LogP contribution in [0.25, 0.3) is 0 Å². The number of methoxy groups -OCH3 is 2. The van der Waals surface area contributed by atoms with Crippen LogP contribution in [0.5, 0.6) is 0 Å². The monoisotopic (exact) mass is 349 g/mol. The molecule has 0 atom stereocenters. The second kappa shape index (κ2) is 9.27. The summed E-state index contributed by atoms with van der Waals surface area (Å²) in [4.78, 5) is 28.1. The summed E-state index contributed by atoms with van der Waals surface area (Å²) in [5, 5.41) is 2.93. The summed E-state index contributed by atoms with van der Waals surface area (Å²) in [7, 11) is 4.73. The van der Waals surface area contributed by atoms with E-state index in [0.29, 0.717) is 24.4 Å². The third-order valence-corrected chi connectivity index (χ3v) is 4.29. The maximum absolute atomic E-state index is 12.5. The van der Waals surface area contributed by atoms with Crippen molar-refractivity contribution in [3.05, 3.63) is 23.8 Å². The van der Waals surface area contributed by atoms with E-state index in [1.165, 1.54) is 7.11 Å². The maximum atomic E-state index is 12.5. The SMILES string of the molecule is COCCCN(C)C(=O)Nc1cc(C(=O)OC)ccc1N1CCCC1. The zero-order valence-corrected chi connectivity index (χ0v) is 15.2. The van der Waals surface area contributed by atoms with Crippen molar-refractivity contribution in [1.29, 1.82) is 0 Å². The van der Waals surface area contributed by atoms with Gasteiger partial charge in [-0.2, -0.15) is 0 Å². The average Bonchev–Trinajstić information content (AvgIpc) is 3.15. The number of anilines is 2. The number of ether oxygens (including phenoxy) is 2. The Bertz CT molecular complexity index is 600. The van der Waals surface area contributed by atoms with Crippen LogP contribution in [0.2, 0.25) is 0 Å². The first-order valence-corrected chi connectivity index (χ1v) is 8.55. The Labute approximate surface area is 148 Å². The van der Waals surface area contributed by atoms with Gasteiger partial charge >= 0.3 is 12.0 Å². The molecule has 1 saturated heterocycles. The summed E-state index contributed by atoms with van der Waals surface area (Å²) >= 11 is 0. The van der Waals surface area contributed by atoms with Crippen LogP contribution >= 0.6 is 0 Å². The van der Waals surface area contributed by atoms with E-state index >= 15 is 0 Å². The Kier molecular flexibility index (Phi) is 7.06. The van der Waals surface area contributed by atoms with Crippen LogP contribution in [0.1, 0.15) is 29.6 Å². The summed E-state index contributed by atoms with van der Waals surface area (Å²) in [6.45, 7) is 3.10. The quantitative estimate of drug-likeness (QED) is 0.605. The first kappa shape index (κ1) is 19.1. The van der Waals surface area contributed by atoms with Gasteiger partial charge in [0.1, 0.15) is 0 Å². The summed E-state index contributed by atoms with van der Waals surface area (Å²) < 4.78 is 9.80. The van der Waals surface area contributed by atoms with E-state index in [2.05, 4.69) is 10.2 Å². The molecule has 0 unspecified atom stereocenters. The third-order valence-electron chi connectivity index (χ3n) is 4.29. The third kappa shape index (κ3) is 5.09. The van der Waals surface area contributed by atoms with Crippen LogP contribution in [0.4, 0.5) is 16.2 Å². The Morgan fingerprint density at radius 2 is 1.96 bits per heavy atom. The molecule has 7 nitrogen and oxygen atoms in total. The molecule has 1 fully saturated rings. The van der Waals surface area contributed by atoms with Crippen molar-refractivity contribution in [3.8, 4) is 0 Å². The molecular weight excluding hydrogens is 322 g/mol. The van der Waals surface area contributed by atoms with E-state index in [-0.39, 0.29) is 6.03 Å². The van der Waals surface area contributed by atoms with Crippen molar-refractivity contribution in [3.63, 3.8) is 0 Å². The van der Waals surface area contributed by atoms with E-state index in [9.17, 15) is 9.59 Å². The topological polar surface area (TPSA) is 71.1 Å². The fourth-order valence-corrected chi connectivity index (χ4v) is 2.87. The minimum absolute atomic E-state index is 0.210. The Balaban J connectivity index is 2.17. The predicted octanol–water partition coefficient (Wildman–Crippen LogP) is 2.57. The highest BCUT2D eigenvalue weighted by molar-refractivity contribution is 5.97. The van der Waals surface area contributed by atoms with Crippen LogP contribution < -0.4 is 10.2 Å². The van der Waals surface area contributed by atoms with Gasteiger partial charge in [-0.15, -0.1) is 0 Å². The standard InChI is InChI=1S/C18H27N3O4/c1-20(9-6-12-24-2)18(23)19-15-13-14(17(22)25-3)7-8-16(15)21-10-4-5-11-21/h7-8,13H,4-6,9-12H2,1-3H3,(H,19,23). The highest BCUT2D eigenvalue weighted by Crippen LogP contribution is 2.30. The van der Waals surface area contributed by atoms with Gasteiger partial charge in [0.25, 0.3) is 0 Å². The number of nitrogens with one attached hydrogen (secondary N) is 1. The lowest BCUT2D eigenvalue weighted by Crippen LogP contribution is -2.33. The Hall–Kier alpha value is -2.28. The fraction of sp³-hybridized carbons (Fsp3) is 0.556. The molecule has 1 aromatic carbocycles. The van der Waals surface area contributed by atoms with Gasteiger partial charge in [0.15, 0.2) is 0 Å². The number of hydrogen-bond donors (Lipinski definition) is 1. The van der Waals surface area contributed by atoms with E-state index < -0.39 is 5.97 Å². The number of carbonyl (C=O) groups excluding carboxylic acids is 2. The molecule has 1 aliphatic heterocycles. The summed E-state index contributed by atoms with van der Waals surface area (Å²) in [6.07, 6.45) is 3.02. The molecule has 2 rings (SSSR count). The van der Waals surface area contributed by atoms with Gasteiger partial charge in [0, 0.05) is 40.4 Å². The lowest BCUT2D eigenvalue weighted by molar-refractivity contribution is 0.0600. The molecule has 0 aliphatic carbocycles. The van der Waals surface area contributed by atoms with Gasteiger partial charge in [-0.05, 0) is 37.5 Å². The molecule has 138 valence electrons. The lowest BCUT2D eigenvalue weighted by Gasteiger charge is -2.24. The van der Waals surface area contributed by atoms with Gasteiger partial charge in [0.2, 0.25) is 0 Å². The lowest BCUT2D eigenvalue weighted by atomic mass is 10.1. The molecule has 0 aromatic heterocycles. The van der Waals surface area contributed by atoms with Crippen LogP contribution in [0, 0.1) is 0 Å². The number of benzene rings is 1. The summed E-state index contributed by atoms with van der Waals surface area (Å²) in [6, 6.07) is 5.08. The Morgan fingerprint density at radius 1 is 1.24 bits per heavy atom. The molecule has 1 aromatic rings. The van der Waals surface area contributed by atoms with Crippen LogP contribution in [-0.2, 0) is 9.47 Å². The molecule has 0 bridgehead atoms. The van der Waals surface area contributed by atoms with E-state index in [1.54, 1.807) is 31.2 Å². The normalized spacial score (nSPS) is 13.6. The van der Waals surface area contributed by atoms with Crippen molar-refractivity contribution >= 4 is 23.4 Å². The fourth-order valence-electron chi connectivity index (χ4n) is 2.87. The zero-order chi connectivity index (χ0) is 18.2. The van der Waals surface area contributed by atoms with Crippen molar-refractivity contribution in [2.24, 2.45) is 0 Å². The number of esters is 1. The molecule has 1 aliphatic rings. The molecule has 0 spiro atoms. The molecule has 25 heavy (non-hydrogen) atoms. The number of hydrogen-bond acceptors (Lipinski definition) is 5. The van der Waals surface area contributed by atoms with Gasteiger partial charge in [0.05, 0.1) is 24.0 Å². The minimum atomic E-state index is -0.420. The molecule has 7 heteroatoms. The van der Waals surface area contributed by atoms with Gasteiger partial charge in [-0.1, -0.05) is 0 Å². The highest BCUT2D eigenvalue weighted by atomic mass is 16.5. The largest absolute Gasteiger partial charge is 0.465 e. The van der Waals surface area contributed by atoms with Crippen molar-refractivity contribution < 1.29 is 19.1 Å². The number of urea groups is 1. The van der Waals surface area contributed by atoms with Crippen molar-refractivity contribution in [2.45, 2.75) is 19.3 Å². The van der Waals surface area contributed by atoms with Gasteiger partial charge < -0.3 is 24.6 Å². The molecule has 2 amide bonds. The van der Waals surface area contributed by atoms with Crippen molar-refractivity contribution in [2.75, 3.05) is 57.7 Å². The first-order valence-electron chi connectivity index (χ1n) is 8.55. The smallest absolute Gasteiger partial charge is 0.337 e. The van der Waals surface area contributed by atoms with Crippen LogP contribution in [-0.4, -0.2) is 64.4 Å². The maximum Gasteiger partial charge on any atom is 0.337 e. The zero-order valence-electron chi connectivity index (χ0n) is 15.2. The first-order chi connectivity index (χ1) is 12.1. The highest BCUT2D eigenvalue weighted by Gasteiger charge is 2.20. The van der Waals surface area contributed by atoms with Crippen LogP contribution in [0.15, 0.2) is 18.2 Å². The number of amides is 2. The molecule has 1 N–H and O–H groups in total. The Morgan fingerprint density at radius 3 is 2.60 bits per heavy atom. The van der Waals surface area contributed by atoms with Gasteiger partial charge in [-0.25, -0.2) is 9.59 Å².